The molecule has 0 aliphatic carbocycles. The van der Waals surface area contributed by atoms with Gasteiger partial charge in [0.25, 0.3) is 5.91 Å². The molecule has 0 fully saturated rings. The Morgan fingerprint density at radius 3 is 2.63 bits per heavy atom. The number of hydrogen-bond donors (Lipinski definition) is 1. The molecule has 0 atom stereocenters. The van der Waals surface area contributed by atoms with Crippen LogP contribution in [0.1, 0.15) is 22.5 Å². The predicted molar refractivity (Wildman–Crippen MR) is 98.1 cm³/mol. The van der Waals surface area contributed by atoms with Gasteiger partial charge in [-0.1, -0.05) is 24.3 Å². The molecule has 0 saturated carbocycles. The van der Waals surface area contributed by atoms with Gasteiger partial charge in [0, 0.05) is 18.3 Å². The van der Waals surface area contributed by atoms with Gasteiger partial charge >= 0.3 is 0 Å². The fourth-order valence-corrected chi connectivity index (χ4v) is 3.19. The zero-order valence-electron chi connectivity index (χ0n) is 14.3. The van der Waals surface area contributed by atoms with Gasteiger partial charge in [0.1, 0.15) is 35.2 Å². The second-order valence-corrected chi connectivity index (χ2v) is 6.20. The van der Waals surface area contributed by atoms with E-state index in [0.29, 0.717) is 5.82 Å². The van der Waals surface area contributed by atoms with Crippen LogP contribution in [0.5, 0.6) is 0 Å². The number of amides is 1. The molecule has 2 heterocycles. The van der Waals surface area contributed by atoms with Gasteiger partial charge in [0.2, 0.25) is 0 Å². The first-order chi connectivity index (χ1) is 13.1. The Labute approximate surface area is 154 Å². The smallest absolute Gasteiger partial charge is 0.274 e. The molecule has 0 radical (unpaired) electrons. The fourth-order valence-electron chi connectivity index (χ4n) is 3.19. The molecule has 5 nitrogen and oxygen atoms in total. The molecular formula is C20H16F2N4O. The molecule has 0 saturated heterocycles. The van der Waals surface area contributed by atoms with Crippen LogP contribution in [-0.4, -0.2) is 22.4 Å². The Morgan fingerprint density at radius 2 is 1.81 bits per heavy atom. The summed E-state index contributed by atoms with van der Waals surface area (Å²) >= 11 is 0. The van der Waals surface area contributed by atoms with Crippen LogP contribution in [-0.2, 0) is 6.42 Å². The van der Waals surface area contributed by atoms with Gasteiger partial charge in [0.05, 0.1) is 0 Å². The topological polar surface area (TPSA) is 58.1 Å². The zero-order valence-corrected chi connectivity index (χ0v) is 14.3. The SMILES string of the molecule is O=C(Nc1c(F)cccc1F)c1cc(N2CCCc3ccccc32)ncn1. The minimum absolute atomic E-state index is 0.0331. The normalized spacial score (nSPS) is 13.2. The first-order valence-corrected chi connectivity index (χ1v) is 8.56. The summed E-state index contributed by atoms with van der Waals surface area (Å²) in [5, 5.41) is 2.25. The largest absolute Gasteiger partial charge is 0.326 e. The highest BCUT2D eigenvalue weighted by Gasteiger charge is 2.21. The van der Waals surface area contributed by atoms with Crippen LogP contribution in [0.3, 0.4) is 0 Å². The highest BCUT2D eigenvalue weighted by molar-refractivity contribution is 6.03. The van der Waals surface area contributed by atoms with Crippen LogP contribution in [0.2, 0.25) is 0 Å². The monoisotopic (exact) mass is 366 g/mol. The van der Waals surface area contributed by atoms with E-state index in [-0.39, 0.29) is 5.69 Å². The molecule has 3 aromatic rings. The van der Waals surface area contributed by atoms with Crippen LogP contribution in [0.4, 0.5) is 26.0 Å². The number of aromatic nitrogens is 2. The quantitative estimate of drug-likeness (QED) is 0.758. The Bertz CT molecular complexity index is 989. The van der Waals surface area contributed by atoms with Crippen LogP contribution >= 0.6 is 0 Å². The Morgan fingerprint density at radius 1 is 1.04 bits per heavy atom. The molecule has 1 amide bonds. The highest BCUT2D eigenvalue weighted by Crippen LogP contribution is 2.32. The lowest BCUT2D eigenvalue weighted by molar-refractivity contribution is 0.102. The maximum atomic E-state index is 13.8. The lowest BCUT2D eigenvalue weighted by atomic mass is 10.0. The summed E-state index contributed by atoms with van der Waals surface area (Å²) in [6, 6.07) is 12.9. The highest BCUT2D eigenvalue weighted by atomic mass is 19.1. The molecule has 1 aliphatic rings. The van der Waals surface area contributed by atoms with E-state index < -0.39 is 23.2 Å². The third kappa shape index (κ3) is 3.36. The average Bonchev–Trinajstić information content (AvgIpc) is 2.70. The second kappa shape index (κ2) is 7.11. The minimum atomic E-state index is -0.845. The van der Waals surface area contributed by atoms with Crippen molar-refractivity contribution in [1.29, 1.82) is 0 Å². The van der Waals surface area contributed by atoms with Crippen molar-refractivity contribution < 1.29 is 13.6 Å². The summed E-state index contributed by atoms with van der Waals surface area (Å²) in [4.78, 5) is 22.7. The summed E-state index contributed by atoms with van der Waals surface area (Å²) in [5.74, 6) is -1.82. The summed E-state index contributed by atoms with van der Waals surface area (Å²) in [6.07, 6.45) is 3.22. The van der Waals surface area contributed by atoms with E-state index in [1.54, 1.807) is 0 Å². The van der Waals surface area contributed by atoms with Gasteiger partial charge in [-0.25, -0.2) is 18.7 Å². The van der Waals surface area contributed by atoms with Crippen molar-refractivity contribution in [3.05, 3.63) is 77.8 Å². The number of rotatable bonds is 3. The molecule has 1 N–H and O–H groups in total. The Balaban J connectivity index is 1.63. The van der Waals surface area contributed by atoms with E-state index in [0.717, 1.165) is 37.2 Å². The first kappa shape index (κ1) is 17.1. The standard InChI is InChI=1S/C20H16F2N4O/c21-14-7-3-8-15(22)19(14)25-20(27)16-11-18(24-12-23-16)26-10-4-6-13-5-1-2-9-17(13)26/h1-3,5,7-9,11-12H,4,6,10H2,(H,25,27). The molecule has 136 valence electrons. The molecule has 1 aliphatic heterocycles. The summed E-state index contributed by atoms with van der Waals surface area (Å²) in [7, 11) is 0. The lowest BCUT2D eigenvalue weighted by Gasteiger charge is -2.30. The molecular weight excluding hydrogens is 350 g/mol. The number of para-hydroxylation sites is 2. The van der Waals surface area contributed by atoms with Crippen LogP contribution in [0, 0.1) is 11.6 Å². The van der Waals surface area contributed by atoms with Crippen molar-refractivity contribution in [2.75, 3.05) is 16.8 Å². The van der Waals surface area contributed by atoms with E-state index in [9.17, 15) is 13.6 Å². The van der Waals surface area contributed by atoms with E-state index in [1.165, 1.54) is 24.0 Å². The van der Waals surface area contributed by atoms with Gasteiger partial charge < -0.3 is 10.2 Å². The summed E-state index contributed by atoms with van der Waals surface area (Å²) in [6.45, 7) is 0.761. The van der Waals surface area contributed by atoms with E-state index in [4.69, 9.17) is 0 Å². The Kier molecular flexibility index (Phi) is 4.50. The predicted octanol–water partition coefficient (Wildman–Crippen LogP) is 4.09. The summed E-state index contributed by atoms with van der Waals surface area (Å²) < 4.78 is 27.5. The van der Waals surface area contributed by atoms with Crippen molar-refractivity contribution in [2.24, 2.45) is 0 Å². The number of hydrogen-bond acceptors (Lipinski definition) is 4. The van der Waals surface area contributed by atoms with Gasteiger partial charge in [0.15, 0.2) is 0 Å². The van der Waals surface area contributed by atoms with Gasteiger partial charge in [-0.3, -0.25) is 4.79 Å². The van der Waals surface area contributed by atoms with E-state index in [1.807, 2.05) is 23.1 Å². The molecule has 1 aromatic heterocycles. The molecule has 0 spiro atoms. The molecule has 2 aromatic carbocycles. The van der Waals surface area contributed by atoms with E-state index in [2.05, 4.69) is 21.4 Å². The number of halogens is 2. The van der Waals surface area contributed by atoms with Crippen molar-refractivity contribution in [1.82, 2.24) is 9.97 Å². The minimum Gasteiger partial charge on any atom is -0.326 e. The molecule has 0 unspecified atom stereocenters. The Hall–Kier alpha value is -3.35. The number of nitrogens with zero attached hydrogens (tertiary/aromatic N) is 3. The number of anilines is 3. The average molecular weight is 366 g/mol. The maximum Gasteiger partial charge on any atom is 0.274 e. The maximum absolute atomic E-state index is 13.8. The van der Waals surface area contributed by atoms with Crippen molar-refractivity contribution in [3.8, 4) is 0 Å². The van der Waals surface area contributed by atoms with Crippen molar-refractivity contribution >= 4 is 23.1 Å². The second-order valence-electron chi connectivity index (χ2n) is 6.20. The zero-order chi connectivity index (χ0) is 18.8. The van der Waals surface area contributed by atoms with Gasteiger partial charge in [-0.2, -0.15) is 0 Å². The van der Waals surface area contributed by atoms with Crippen molar-refractivity contribution in [2.45, 2.75) is 12.8 Å². The lowest BCUT2D eigenvalue weighted by Crippen LogP contribution is -2.26. The van der Waals surface area contributed by atoms with Crippen LogP contribution in [0.15, 0.2) is 54.9 Å². The van der Waals surface area contributed by atoms with Crippen LogP contribution in [0.25, 0.3) is 0 Å². The molecule has 7 heteroatoms. The molecule has 4 rings (SSSR count). The van der Waals surface area contributed by atoms with Crippen LogP contribution < -0.4 is 10.2 Å². The number of benzene rings is 2. The third-order valence-corrected chi connectivity index (χ3v) is 4.47. The number of fused-ring (bicyclic) bond motifs is 1. The first-order valence-electron chi connectivity index (χ1n) is 8.56. The fraction of sp³-hybridized carbons (Fsp3) is 0.150. The van der Waals surface area contributed by atoms with Gasteiger partial charge in [-0.15, -0.1) is 0 Å². The van der Waals surface area contributed by atoms with E-state index >= 15 is 0 Å². The number of carbonyl (C=O) groups excluding carboxylic acids is 1. The summed E-state index contributed by atoms with van der Waals surface area (Å²) in [5.41, 5.74) is 1.78. The number of carbonyl (C=O) groups is 1. The van der Waals surface area contributed by atoms with Gasteiger partial charge in [-0.05, 0) is 36.6 Å². The number of nitrogens with one attached hydrogen (secondary N) is 1. The third-order valence-electron chi connectivity index (χ3n) is 4.47. The molecule has 0 bridgehead atoms. The number of aryl methyl sites for hydroxylation is 1. The van der Waals surface area contributed by atoms with Crippen molar-refractivity contribution in [3.63, 3.8) is 0 Å². The molecule has 27 heavy (non-hydrogen) atoms.